The second kappa shape index (κ2) is 3.62. The van der Waals surface area contributed by atoms with Gasteiger partial charge in [0.25, 0.3) is 5.84 Å². The van der Waals surface area contributed by atoms with Crippen LogP contribution >= 0.6 is 0 Å². The Labute approximate surface area is 67.4 Å². The number of methoxy groups -OCH3 is 1. The van der Waals surface area contributed by atoms with E-state index in [0.717, 1.165) is 31.6 Å². The predicted octanol–water partition coefficient (Wildman–Crippen LogP) is 1.09. The summed E-state index contributed by atoms with van der Waals surface area (Å²) in [6.07, 6.45) is 4.30. The molecule has 0 spiro atoms. The molecule has 62 valence electrons. The van der Waals surface area contributed by atoms with Gasteiger partial charge in [-0.2, -0.15) is 0 Å². The Kier molecular flexibility index (Phi) is 2.76. The van der Waals surface area contributed by atoms with Gasteiger partial charge < -0.3 is 10.5 Å². The maximum Gasteiger partial charge on any atom is 0.284 e. The van der Waals surface area contributed by atoms with Crippen molar-refractivity contribution >= 4 is 5.84 Å². The Morgan fingerprint density at radius 2 is 2.09 bits per heavy atom. The second-order valence-corrected chi connectivity index (χ2v) is 2.95. The fraction of sp³-hybridized carbons (Fsp3) is 0.750. The van der Waals surface area contributed by atoms with Crippen molar-refractivity contribution in [3.8, 4) is 0 Å². The van der Waals surface area contributed by atoms with Crippen molar-refractivity contribution in [1.82, 2.24) is 0 Å². The van der Waals surface area contributed by atoms with E-state index in [2.05, 4.69) is 0 Å². The molecule has 1 aliphatic rings. The first-order chi connectivity index (χ1) is 5.24. The first-order valence-corrected chi connectivity index (χ1v) is 3.96. The predicted molar refractivity (Wildman–Crippen MR) is 44.4 cm³/mol. The van der Waals surface area contributed by atoms with Crippen molar-refractivity contribution < 1.29 is 4.74 Å². The number of rotatable bonds is 2. The Morgan fingerprint density at radius 3 is 2.45 bits per heavy atom. The number of amidine groups is 1. The monoisotopic (exact) mass is 155 g/mol. The normalized spacial score (nSPS) is 20.3. The summed E-state index contributed by atoms with van der Waals surface area (Å²) >= 11 is 0. The molecule has 0 aliphatic heterocycles. The van der Waals surface area contributed by atoms with Gasteiger partial charge in [0, 0.05) is 20.0 Å². The van der Waals surface area contributed by atoms with E-state index < -0.39 is 0 Å². The van der Waals surface area contributed by atoms with Crippen LogP contribution in [0.5, 0.6) is 0 Å². The van der Waals surface area contributed by atoms with Gasteiger partial charge in [-0.15, -0.1) is 0 Å². The average molecular weight is 155 g/mol. The molecule has 0 amide bonds. The van der Waals surface area contributed by atoms with Crippen LogP contribution in [0.1, 0.15) is 25.7 Å². The summed E-state index contributed by atoms with van der Waals surface area (Å²) in [5.41, 5.74) is 5.36. The van der Waals surface area contributed by atoms with E-state index >= 15 is 0 Å². The minimum Gasteiger partial charge on any atom is -0.381 e. The first-order valence-electron chi connectivity index (χ1n) is 3.96. The van der Waals surface area contributed by atoms with Crippen LogP contribution in [0.15, 0.2) is 0 Å². The Hall–Kier alpha value is -0.700. The number of hydrogen-bond acceptors (Lipinski definition) is 2. The zero-order valence-corrected chi connectivity index (χ0v) is 6.89. The summed E-state index contributed by atoms with van der Waals surface area (Å²) in [6, 6.07) is 0. The van der Waals surface area contributed by atoms with Gasteiger partial charge >= 0.3 is 0 Å². The standard InChI is InChI=1S/C8H15N2O/c1-11-7-4-2-6(3-5-7)8(9)10/h7H,2-5H2,1H3,(H3,9,10)/q+1. The minimum absolute atomic E-state index is 0.263. The van der Waals surface area contributed by atoms with Gasteiger partial charge in [-0.1, -0.05) is 0 Å². The highest BCUT2D eigenvalue weighted by Crippen LogP contribution is 2.26. The van der Waals surface area contributed by atoms with Gasteiger partial charge in [-0.05, 0) is 0 Å². The quantitative estimate of drug-likeness (QED) is 0.356. The van der Waals surface area contributed by atoms with Gasteiger partial charge in [-0.3, -0.25) is 0 Å². The molecule has 0 bridgehead atoms. The van der Waals surface area contributed by atoms with Crippen LogP contribution in [-0.4, -0.2) is 19.0 Å². The topological polar surface area (TPSA) is 59.1 Å². The third-order valence-corrected chi connectivity index (χ3v) is 2.25. The van der Waals surface area contributed by atoms with Crippen molar-refractivity contribution in [1.29, 1.82) is 5.41 Å². The molecule has 0 saturated heterocycles. The van der Waals surface area contributed by atoms with Crippen molar-refractivity contribution in [2.45, 2.75) is 31.8 Å². The van der Waals surface area contributed by atoms with Gasteiger partial charge in [0.1, 0.15) is 12.8 Å². The fourth-order valence-electron chi connectivity index (χ4n) is 1.44. The van der Waals surface area contributed by atoms with Crippen LogP contribution in [0.3, 0.4) is 0 Å². The van der Waals surface area contributed by atoms with E-state index in [-0.39, 0.29) is 5.84 Å². The van der Waals surface area contributed by atoms with Crippen molar-refractivity contribution in [3.05, 3.63) is 5.92 Å². The Balaban J connectivity index is 2.30. The largest absolute Gasteiger partial charge is 0.381 e. The van der Waals surface area contributed by atoms with Crippen molar-refractivity contribution in [2.24, 2.45) is 5.73 Å². The molecule has 0 aromatic rings. The lowest BCUT2D eigenvalue weighted by atomic mass is 9.87. The molecule has 0 radical (unpaired) electrons. The molecule has 1 fully saturated rings. The molecule has 0 aromatic heterocycles. The fourth-order valence-corrected chi connectivity index (χ4v) is 1.44. The molecular formula is C8H15N2O+. The molecule has 1 aliphatic carbocycles. The molecule has 11 heavy (non-hydrogen) atoms. The molecule has 0 aromatic carbocycles. The van der Waals surface area contributed by atoms with Crippen LogP contribution < -0.4 is 5.73 Å². The Morgan fingerprint density at radius 1 is 1.55 bits per heavy atom. The SMILES string of the molecule is COC1CC[C+](C(=N)N)CC1. The van der Waals surface area contributed by atoms with E-state index in [0.29, 0.717) is 6.10 Å². The smallest absolute Gasteiger partial charge is 0.284 e. The maximum atomic E-state index is 7.21. The molecule has 0 unspecified atom stereocenters. The summed E-state index contributed by atoms with van der Waals surface area (Å²) in [5, 5.41) is 7.21. The second-order valence-electron chi connectivity index (χ2n) is 2.95. The number of nitrogens with one attached hydrogen (secondary N) is 1. The third-order valence-electron chi connectivity index (χ3n) is 2.25. The van der Waals surface area contributed by atoms with E-state index in [1.165, 1.54) is 0 Å². The molecular weight excluding hydrogens is 140 g/mol. The van der Waals surface area contributed by atoms with E-state index in [9.17, 15) is 0 Å². The first kappa shape index (κ1) is 8.40. The van der Waals surface area contributed by atoms with E-state index in [1.54, 1.807) is 7.11 Å². The highest BCUT2D eigenvalue weighted by molar-refractivity contribution is 5.90. The molecule has 0 heterocycles. The molecule has 1 saturated carbocycles. The van der Waals surface area contributed by atoms with Gasteiger partial charge in [0.2, 0.25) is 0 Å². The number of hydrogen-bond donors (Lipinski definition) is 2. The molecule has 1 rings (SSSR count). The highest BCUT2D eigenvalue weighted by Gasteiger charge is 2.32. The maximum absolute atomic E-state index is 7.21. The minimum atomic E-state index is 0.263. The summed E-state index contributed by atoms with van der Waals surface area (Å²) in [5.74, 6) is 1.36. The molecule has 3 heteroatoms. The zero-order valence-electron chi connectivity index (χ0n) is 6.89. The zero-order chi connectivity index (χ0) is 8.27. The van der Waals surface area contributed by atoms with Crippen LogP contribution in [0, 0.1) is 11.3 Å². The van der Waals surface area contributed by atoms with E-state index in [4.69, 9.17) is 15.9 Å². The van der Waals surface area contributed by atoms with Crippen LogP contribution in [0.2, 0.25) is 0 Å². The average Bonchev–Trinajstić information content (AvgIpc) is 2.05. The summed E-state index contributed by atoms with van der Waals surface area (Å²) in [6.45, 7) is 0. The lowest BCUT2D eigenvalue weighted by Gasteiger charge is -2.18. The summed E-state index contributed by atoms with van der Waals surface area (Å²) in [7, 11) is 1.74. The summed E-state index contributed by atoms with van der Waals surface area (Å²) < 4.78 is 5.19. The van der Waals surface area contributed by atoms with Gasteiger partial charge in [-0.25, -0.2) is 5.41 Å². The highest BCUT2D eigenvalue weighted by atomic mass is 16.5. The molecule has 0 atom stereocenters. The lowest BCUT2D eigenvalue weighted by molar-refractivity contribution is 0.0773. The number of nitrogens with two attached hydrogens (primary N) is 1. The van der Waals surface area contributed by atoms with Gasteiger partial charge in [0.15, 0.2) is 5.92 Å². The third kappa shape index (κ3) is 2.12. The van der Waals surface area contributed by atoms with Crippen LogP contribution in [-0.2, 0) is 4.74 Å². The van der Waals surface area contributed by atoms with Crippen molar-refractivity contribution in [2.75, 3.05) is 7.11 Å². The molecule has 3 N–H and O–H groups in total. The van der Waals surface area contributed by atoms with Crippen molar-refractivity contribution in [3.63, 3.8) is 0 Å². The molecule has 3 nitrogen and oxygen atoms in total. The van der Waals surface area contributed by atoms with Crippen LogP contribution in [0.4, 0.5) is 0 Å². The van der Waals surface area contributed by atoms with E-state index in [1.807, 2.05) is 0 Å². The Bertz CT molecular complexity index is 139. The van der Waals surface area contributed by atoms with Crippen LogP contribution in [0.25, 0.3) is 0 Å². The van der Waals surface area contributed by atoms with Gasteiger partial charge in [0.05, 0.1) is 6.10 Å². The lowest BCUT2D eigenvalue weighted by Crippen LogP contribution is -2.27. The summed E-state index contributed by atoms with van der Waals surface area (Å²) in [4.78, 5) is 0. The number of ether oxygens (including phenoxy) is 1.